The van der Waals surface area contributed by atoms with Gasteiger partial charge in [-0.3, -0.25) is 14.0 Å². The lowest BCUT2D eigenvalue weighted by atomic mass is 10.1. The molecule has 7 nitrogen and oxygen atoms in total. The Morgan fingerprint density at radius 1 is 1.27 bits per heavy atom. The summed E-state index contributed by atoms with van der Waals surface area (Å²) in [4.78, 5) is 14.9. The zero-order valence-electron chi connectivity index (χ0n) is 15.8. The highest BCUT2D eigenvalue weighted by molar-refractivity contribution is 7.92. The monoisotopic (exact) mass is 383 g/mol. The Labute approximate surface area is 156 Å². The van der Waals surface area contributed by atoms with Crippen molar-refractivity contribution in [3.63, 3.8) is 0 Å². The second-order valence-electron chi connectivity index (χ2n) is 6.56. The molecule has 0 spiro atoms. The molecule has 1 aliphatic heterocycles. The Balaban J connectivity index is 2.06. The number of benzene rings is 1. The van der Waals surface area contributed by atoms with E-state index in [0.29, 0.717) is 31.9 Å². The smallest absolute Gasteiger partial charge is 0.243 e. The molecule has 1 saturated heterocycles. The molecular weight excluding hydrogens is 354 g/mol. The first-order chi connectivity index (χ1) is 12.3. The van der Waals surface area contributed by atoms with Crippen molar-refractivity contribution >= 4 is 21.6 Å². The molecule has 0 aliphatic carbocycles. The van der Waals surface area contributed by atoms with E-state index in [9.17, 15) is 13.2 Å². The van der Waals surface area contributed by atoms with Gasteiger partial charge in [0, 0.05) is 26.2 Å². The minimum absolute atomic E-state index is 0.272. The molecule has 1 N–H and O–H groups in total. The highest BCUT2D eigenvalue weighted by Crippen LogP contribution is 2.22. The summed E-state index contributed by atoms with van der Waals surface area (Å²) >= 11 is 0. The number of amides is 1. The van der Waals surface area contributed by atoms with Crippen molar-refractivity contribution in [3.8, 4) is 0 Å². The maximum atomic E-state index is 12.7. The van der Waals surface area contributed by atoms with E-state index in [0.717, 1.165) is 31.5 Å². The van der Waals surface area contributed by atoms with Crippen LogP contribution in [0.1, 0.15) is 18.9 Å². The first-order valence-corrected chi connectivity index (χ1v) is 10.8. The van der Waals surface area contributed by atoms with Gasteiger partial charge in [-0.2, -0.15) is 0 Å². The fourth-order valence-electron chi connectivity index (χ4n) is 3.03. The van der Waals surface area contributed by atoms with Crippen molar-refractivity contribution in [2.45, 2.75) is 26.3 Å². The molecule has 1 unspecified atom stereocenters. The molecule has 1 aromatic carbocycles. The number of morpholine rings is 1. The second-order valence-corrected chi connectivity index (χ2v) is 8.42. The number of hydrogen-bond acceptors (Lipinski definition) is 5. The van der Waals surface area contributed by atoms with Crippen molar-refractivity contribution < 1.29 is 17.9 Å². The van der Waals surface area contributed by atoms with E-state index >= 15 is 0 Å². The molecule has 2 rings (SSSR count). The Kier molecular flexibility index (Phi) is 7.43. The molecule has 1 fully saturated rings. The number of nitrogens with one attached hydrogen (secondary N) is 1. The molecule has 0 aromatic heterocycles. The number of nitrogens with zero attached hydrogens (tertiary/aromatic N) is 2. The minimum Gasteiger partial charge on any atom is -0.379 e. The lowest BCUT2D eigenvalue weighted by Crippen LogP contribution is -2.50. The van der Waals surface area contributed by atoms with Crippen LogP contribution in [-0.4, -0.2) is 70.9 Å². The number of carbonyl (C=O) groups excluding carboxylic acids is 1. The third kappa shape index (κ3) is 5.69. The number of aryl methyl sites for hydroxylation is 1. The molecule has 146 valence electrons. The van der Waals surface area contributed by atoms with Crippen molar-refractivity contribution in [2.24, 2.45) is 0 Å². The first-order valence-electron chi connectivity index (χ1n) is 8.97. The summed E-state index contributed by atoms with van der Waals surface area (Å²) in [5.74, 6) is -0.272. The van der Waals surface area contributed by atoms with Crippen LogP contribution in [0.2, 0.25) is 0 Å². The first kappa shape index (κ1) is 20.7. The van der Waals surface area contributed by atoms with Crippen LogP contribution < -0.4 is 9.62 Å². The van der Waals surface area contributed by atoms with Gasteiger partial charge in [0.25, 0.3) is 0 Å². The molecule has 26 heavy (non-hydrogen) atoms. The summed E-state index contributed by atoms with van der Waals surface area (Å²) in [6, 6.07) is 6.39. The van der Waals surface area contributed by atoms with Gasteiger partial charge in [-0.05, 0) is 25.5 Å². The van der Waals surface area contributed by atoms with Gasteiger partial charge in [0.15, 0.2) is 0 Å². The summed E-state index contributed by atoms with van der Waals surface area (Å²) in [6.45, 7) is 8.10. The van der Waals surface area contributed by atoms with Gasteiger partial charge in [0.1, 0.15) is 6.04 Å². The highest BCUT2D eigenvalue weighted by Gasteiger charge is 2.31. The lowest BCUT2D eigenvalue weighted by molar-refractivity contribution is -0.122. The van der Waals surface area contributed by atoms with E-state index < -0.39 is 16.1 Å². The Hall–Kier alpha value is -1.64. The van der Waals surface area contributed by atoms with E-state index in [-0.39, 0.29) is 5.91 Å². The quantitative estimate of drug-likeness (QED) is 0.724. The minimum atomic E-state index is -3.59. The number of hydrogen-bond donors (Lipinski definition) is 1. The molecule has 1 heterocycles. The van der Waals surface area contributed by atoms with Gasteiger partial charge >= 0.3 is 0 Å². The molecule has 0 radical (unpaired) electrons. The summed E-state index contributed by atoms with van der Waals surface area (Å²) in [5, 5.41) is 2.89. The van der Waals surface area contributed by atoms with Crippen LogP contribution in [0.25, 0.3) is 0 Å². The van der Waals surface area contributed by atoms with Crippen molar-refractivity contribution in [2.75, 3.05) is 50.0 Å². The van der Waals surface area contributed by atoms with Gasteiger partial charge in [-0.15, -0.1) is 0 Å². The average Bonchev–Trinajstić information content (AvgIpc) is 2.60. The lowest BCUT2D eigenvalue weighted by Gasteiger charge is -2.31. The predicted molar refractivity (Wildman–Crippen MR) is 103 cm³/mol. The zero-order chi connectivity index (χ0) is 19.2. The number of carbonyl (C=O) groups is 1. The van der Waals surface area contributed by atoms with Crippen LogP contribution in [0.5, 0.6) is 0 Å². The summed E-state index contributed by atoms with van der Waals surface area (Å²) in [7, 11) is -3.59. The Morgan fingerprint density at radius 3 is 2.42 bits per heavy atom. The molecule has 0 saturated carbocycles. The van der Waals surface area contributed by atoms with Crippen LogP contribution in [-0.2, 0) is 19.6 Å². The Bertz CT molecular complexity index is 685. The van der Waals surface area contributed by atoms with E-state index in [1.54, 1.807) is 12.1 Å². The third-order valence-corrected chi connectivity index (χ3v) is 5.63. The van der Waals surface area contributed by atoms with Gasteiger partial charge in [-0.25, -0.2) is 8.42 Å². The molecule has 1 amide bonds. The molecule has 0 bridgehead atoms. The van der Waals surface area contributed by atoms with Crippen molar-refractivity contribution in [1.29, 1.82) is 0 Å². The fraction of sp³-hybridized carbons (Fsp3) is 0.611. The SMILES string of the molecule is CCC(C(=O)NCCN1CCOCC1)N(c1ccc(C)cc1)S(C)(=O)=O. The van der Waals surface area contributed by atoms with E-state index in [4.69, 9.17) is 4.74 Å². The highest BCUT2D eigenvalue weighted by atomic mass is 32.2. The largest absolute Gasteiger partial charge is 0.379 e. The van der Waals surface area contributed by atoms with Crippen molar-refractivity contribution in [1.82, 2.24) is 10.2 Å². The number of rotatable bonds is 8. The number of sulfonamides is 1. The zero-order valence-corrected chi connectivity index (χ0v) is 16.6. The topological polar surface area (TPSA) is 79.0 Å². The van der Waals surface area contributed by atoms with E-state index in [1.165, 1.54) is 4.31 Å². The van der Waals surface area contributed by atoms with Crippen LogP contribution in [0.15, 0.2) is 24.3 Å². The Morgan fingerprint density at radius 2 is 1.88 bits per heavy atom. The maximum absolute atomic E-state index is 12.7. The second kappa shape index (κ2) is 9.34. The number of ether oxygens (including phenoxy) is 1. The normalized spacial score (nSPS) is 16.9. The summed E-state index contributed by atoms with van der Waals surface area (Å²) in [6.07, 6.45) is 1.53. The fourth-order valence-corrected chi connectivity index (χ4v) is 4.24. The number of anilines is 1. The van der Waals surface area contributed by atoms with Gasteiger partial charge in [0.05, 0.1) is 25.2 Å². The van der Waals surface area contributed by atoms with Crippen LogP contribution in [0.4, 0.5) is 5.69 Å². The van der Waals surface area contributed by atoms with E-state index in [2.05, 4.69) is 10.2 Å². The maximum Gasteiger partial charge on any atom is 0.243 e. The molecule has 1 atom stereocenters. The van der Waals surface area contributed by atoms with Crippen LogP contribution >= 0.6 is 0 Å². The summed E-state index contributed by atoms with van der Waals surface area (Å²) in [5.41, 5.74) is 1.54. The average molecular weight is 384 g/mol. The molecule has 1 aromatic rings. The third-order valence-electron chi connectivity index (χ3n) is 4.45. The van der Waals surface area contributed by atoms with E-state index in [1.807, 2.05) is 26.0 Å². The predicted octanol–water partition coefficient (Wildman–Crippen LogP) is 0.988. The van der Waals surface area contributed by atoms with Gasteiger partial charge in [0.2, 0.25) is 15.9 Å². The molecule has 1 aliphatic rings. The van der Waals surface area contributed by atoms with Crippen LogP contribution in [0.3, 0.4) is 0 Å². The molecular formula is C18H29N3O4S. The summed E-state index contributed by atoms with van der Waals surface area (Å²) < 4.78 is 31.3. The molecule has 8 heteroatoms. The standard InChI is InChI=1S/C18H29N3O4S/c1-4-17(18(22)19-9-10-20-11-13-25-14-12-20)21(26(3,23)24)16-7-5-15(2)6-8-16/h5-8,17H,4,9-14H2,1-3H3,(H,19,22). The van der Waals surface area contributed by atoms with Crippen molar-refractivity contribution in [3.05, 3.63) is 29.8 Å². The van der Waals surface area contributed by atoms with Gasteiger partial charge in [-0.1, -0.05) is 24.6 Å². The van der Waals surface area contributed by atoms with Crippen LogP contribution in [0, 0.1) is 6.92 Å². The van der Waals surface area contributed by atoms with Gasteiger partial charge < -0.3 is 10.1 Å².